The summed E-state index contributed by atoms with van der Waals surface area (Å²) >= 11 is 0. The SMILES string of the molecule is CCNC(C)CCCCN1CCCN(C)CC1CC. The Bertz CT molecular complexity index is 220. The molecule has 0 aromatic rings. The molecule has 0 radical (unpaired) electrons. The van der Waals surface area contributed by atoms with Crippen molar-refractivity contribution in [2.75, 3.05) is 39.8 Å². The standard InChI is InChI=1S/C16H35N3/c1-5-16-14-18(4)11-9-13-19(16)12-8-7-10-15(3)17-6-2/h15-17H,5-14H2,1-4H3. The van der Waals surface area contributed by atoms with Crippen molar-refractivity contribution in [3.8, 4) is 0 Å². The van der Waals surface area contributed by atoms with Crippen molar-refractivity contribution in [2.45, 2.75) is 65.0 Å². The number of nitrogens with one attached hydrogen (secondary N) is 1. The first kappa shape index (κ1) is 16.9. The highest BCUT2D eigenvalue weighted by Gasteiger charge is 2.21. The largest absolute Gasteiger partial charge is 0.315 e. The van der Waals surface area contributed by atoms with Gasteiger partial charge in [-0.1, -0.05) is 20.3 Å². The Morgan fingerprint density at radius 3 is 2.68 bits per heavy atom. The Hall–Kier alpha value is -0.120. The number of hydrogen-bond donors (Lipinski definition) is 1. The average Bonchev–Trinajstić information content (AvgIpc) is 2.56. The van der Waals surface area contributed by atoms with Crippen LogP contribution in [0.25, 0.3) is 0 Å². The second kappa shape index (κ2) is 9.73. The fraction of sp³-hybridized carbons (Fsp3) is 1.00. The molecule has 0 spiro atoms. The maximum atomic E-state index is 3.50. The summed E-state index contributed by atoms with van der Waals surface area (Å²) in [4.78, 5) is 5.24. The first-order chi connectivity index (χ1) is 9.17. The highest BCUT2D eigenvalue weighted by Crippen LogP contribution is 2.13. The predicted octanol–water partition coefficient (Wildman–Crippen LogP) is 2.57. The smallest absolute Gasteiger partial charge is 0.0220 e. The maximum Gasteiger partial charge on any atom is 0.0220 e. The van der Waals surface area contributed by atoms with Crippen LogP contribution in [0.3, 0.4) is 0 Å². The quantitative estimate of drug-likeness (QED) is 0.683. The Balaban J connectivity index is 2.22. The predicted molar refractivity (Wildman–Crippen MR) is 84.8 cm³/mol. The second-order valence-electron chi connectivity index (χ2n) is 6.17. The highest BCUT2D eigenvalue weighted by molar-refractivity contribution is 4.77. The van der Waals surface area contributed by atoms with Crippen molar-refractivity contribution in [1.29, 1.82) is 0 Å². The molecule has 3 nitrogen and oxygen atoms in total. The van der Waals surface area contributed by atoms with Crippen molar-refractivity contribution in [2.24, 2.45) is 0 Å². The van der Waals surface area contributed by atoms with Gasteiger partial charge in [-0.25, -0.2) is 0 Å². The minimum Gasteiger partial charge on any atom is -0.315 e. The summed E-state index contributed by atoms with van der Waals surface area (Å²) in [6, 6.07) is 1.46. The number of unbranched alkanes of at least 4 members (excludes halogenated alkanes) is 1. The van der Waals surface area contributed by atoms with Crippen LogP contribution >= 0.6 is 0 Å². The van der Waals surface area contributed by atoms with E-state index in [2.05, 4.69) is 42.9 Å². The molecular weight excluding hydrogens is 234 g/mol. The van der Waals surface area contributed by atoms with Crippen LogP contribution in [0.5, 0.6) is 0 Å². The second-order valence-corrected chi connectivity index (χ2v) is 6.17. The molecule has 1 heterocycles. The van der Waals surface area contributed by atoms with Gasteiger partial charge in [0, 0.05) is 18.6 Å². The minimum atomic E-state index is 0.683. The van der Waals surface area contributed by atoms with E-state index in [0.717, 1.165) is 12.6 Å². The van der Waals surface area contributed by atoms with E-state index in [0.29, 0.717) is 6.04 Å². The third kappa shape index (κ3) is 6.73. The van der Waals surface area contributed by atoms with E-state index in [1.54, 1.807) is 0 Å². The van der Waals surface area contributed by atoms with Gasteiger partial charge in [0.25, 0.3) is 0 Å². The van der Waals surface area contributed by atoms with E-state index in [4.69, 9.17) is 0 Å². The van der Waals surface area contributed by atoms with Crippen molar-refractivity contribution in [1.82, 2.24) is 15.1 Å². The summed E-state index contributed by atoms with van der Waals surface area (Å²) < 4.78 is 0. The van der Waals surface area contributed by atoms with Crippen LogP contribution in [-0.4, -0.2) is 61.7 Å². The van der Waals surface area contributed by atoms with Gasteiger partial charge in [-0.3, -0.25) is 4.90 Å². The molecule has 1 aliphatic rings. The molecule has 3 heteroatoms. The summed E-state index contributed by atoms with van der Waals surface area (Å²) in [7, 11) is 2.27. The molecule has 2 unspecified atom stereocenters. The molecule has 19 heavy (non-hydrogen) atoms. The summed E-state index contributed by atoms with van der Waals surface area (Å²) in [5, 5.41) is 3.50. The van der Waals surface area contributed by atoms with Gasteiger partial charge < -0.3 is 10.2 Å². The zero-order valence-electron chi connectivity index (χ0n) is 13.6. The van der Waals surface area contributed by atoms with Crippen LogP contribution in [0.1, 0.15) is 52.9 Å². The molecule has 114 valence electrons. The summed E-state index contributed by atoms with van der Waals surface area (Å²) in [6.45, 7) is 13.0. The lowest BCUT2D eigenvalue weighted by Gasteiger charge is -2.30. The van der Waals surface area contributed by atoms with Crippen molar-refractivity contribution in [3.05, 3.63) is 0 Å². The van der Waals surface area contributed by atoms with Gasteiger partial charge in [0.1, 0.15) is 0 Å². The third-order valence-corrected chi connectivity index (χ3v) is 4.38. The molecule has 0 amide bonds. The Labute approximate surface area is 120 Å². The van der Waals surface area contributed by atoms with Crippen LogP contribution in [0.2, 0.25) is 0 Å². The fourth-order valence-corrected chi connectivity index (χ4v) is 3.19. The normalized spacial score (nSPS) is 24.3. The van der Waals surface area contributed by atoms with Crippen LogP contribution in [0, 0.1) is 0 Å². The molecule has 0 aliphatic carbocycles. The van der Waals surface area contributed by atoms with Crippen LogP contribution in [0.15, 0.2) is 0 Å². The van der Waals surface area contributed by atoms with Gasteiger partial charge in [0.2, 0.25) is 0 Å². The van der Waals surface area contributed by atoms with Gasteiger partial charge >= 0.3 is 0 Å². The molecule has 1 aliphatic heterocycles. The molecule has 1 N–H and O–H groups in total. The van der Waals surface area contributed by atoms with Crippen LogP contribution < -0.4 is 5.32 Å². The number of hydrogen-bond acceptors (Lipinski definition) is 3. The van der Waals surface area contributed by atoms with E-state index in [1.807, 2.05) is 0 Å². The van der Waals surface area contributed by atoms with Crippen LogP contribution in [0.4, 0.5) is 0 Å². The summed E-state index contributed by atoms with van der Waals surface area (Å²) in [5.41, 5.74) is 0. The number of rotatable bonds is 8. The molecule has 2 atom stereocenters. The lowest BCUT2D eigenvalue weighted by atomic mass is 10.1. The van der Waals surface area contributed by atoms with Gasteiger partial charge in [0.05, 0.1) is 0 Å². The van der Waals surface area contributed by atoms with Crippen LogP contribution in [-0.2, 0) is 0 Å². The van der Waals surface area contributed by atoms with E-state index in [-0.39, 0.29) is 0 Å². The lowest BCUT2D eigenvalue weighted by Crippen LogP contribution is -2.40. The third-order valence-electron chi connectivity index (χ3n) is 4.38. The van der Waals surface area contributed by atoms with Gasteiger partial charge in [-0.05, 0) is 65.8 Å². The van der Waals surface area contributed by atoms with Crippen molar-refractivity contribution >= 4 is 0 Å². The molecule has 1 rings (SSSR count). The first-order valence-electron chi connectivity index (χ1n) is 8.33. The lowest BCUT2D eigenvalue weighted by molar-refractivity contribution is 0.179. The highest BCUT2D eigenvalue weighted by atomic mass is 15.2. The zero-order chi connectivity index (χ0) is 14.1. The molecule has 0 aromatic carbocycles. The van der Waals surface area contributed by atoms with Gasteiger partial charge in [-0.2, -0.15) is 0 Å². The molecule has 1 saturated heterocycles. The average molecular weight is 269 g/mol. The molecular formula is C16H35N3. The molecule has 0 aromatic heterocycles. The van der Waals surface area contributed by atoms with E-state index < -0.39 is 0 Å². The van der Waals surface area contributed by atoms with Gasteiger partial charge in [0.15, 0.2) is 0 Å². The van der Waals surface area contributed by atoms with E-state index in [9.17, 15) is 0 Å². The monoisotopic (exact) mass is 269 g/mol. The summed E-state index contributed by atoms with van der Waals surface area (Å²) in [6.07, 6.45) is 6.66. The van der Waals surface area contributed by atoms with Gasteiger partial charge in [-0.15, -0.1) is 0 Å². The number of likely N-dealkylation sites (N-methyl/N-ethyl adjacent to an activating group) is 1. The number of nitrogens with zero attached hydrogens (tertiary/aromatic N) is 2. The first-order valence-corrected chi connectivity index (χ1v) is 8.33. The van der Waals surface area contributed by atoms with E-state index >= 15 is 0 Å². The molecule has 1 fully saturated rings. The zero-order valence-corrected chi connectivity index (χ0v) is 13.6. The molecule has 0 bridgehead atoms. The maximum absolute atomic E-state index is 3.50. The Morgan fingerprint density at radius 2 is 2.00 bits per heavy atom. The molecule has 0 saturated carbocycles. The van der Waals surface area contributed by atoms with Crippen molar-refractivity contribution in [3.63, 3.8) is 0 Å². The summed E-state index contributed by atoms with van der Waals surface area (Å²) in [5.74, 6) is 0. The Kier molecular flexibility index (Phi) is 8.67. The van der Waals surface area contributed by atoms with E-state index in [1.165, 1.54) is 58.3 Å². The Morgan fingerprint density at radius 1 is 1.21 bits per heavy atom. The minimum absolute atomic E-state index is 0.683. The topological polar surface area (TPSA) is 18.5 Å². The van der Waals surface area contributed by atoms with Crippen molar-refractivity contribution < 1.29 is 0 Å². The fourth-order valence-electron chi connectivity index (χ4n) is 3.19.